The number of hydrogen-bond acceptors (Lipinski definition) is 6. The molecule has 0 saturated carbocycles. The minimum atomic E-state index is -0.415. The first-order valence-electron chi connectivity index (χ1n) is 10.4. The summed E-state index contributed by atoms with van der Waals surface area (Å²) in [7, 11) is 1.72. The van der Waals surface area contributed by atoms with Crippen LogP contribution in [0.4, 0.5) is 5.69 Å². The van der Waals surface area contributed by atoms with Crippen LogP contribution in [-0.2, 0) is 11.8 Å². The first-order valence-corrected chi connectivity index (χ1v) is 13.0. The van der Waals surface area contributed by atoms with Gasteiger partial charge >= 0.3 is 0 Å². The lowest BCUT2D eigenvalue weighted by atomic mass is 9.98. The zero-order valence-electron chi connectivity index (χ0n) is 18.6. The maximum atomic E-state index is 13.2. The van der Waals surface area contributed by atoms with Crippen molar-refractivity contribution in [3.63, 3.8) is 0 Å². The summed E-state index contributed by atoms with van der Waals surface area (Å²) in [5.74, 6) is 0.195. The molecule has 1 unspecified atom stereocenters. The molecule has 0 aliphatic heterocycles. The zero-order chi connectivity index (χ0) is 23.0. The van der Waals surface area contributed by atoms with E-state index in [2.05, 4.69) is 19.2 Å². The van der Waals surface area contributed by atoms with E-state index in [1.165, 1.54) is 23.1 Å². The number of benzene rings is 1. The van der Waals surface area contributed by atoms with Crippen LogP contribution in [0.5, 0.6) is 0 Å². The second kappa shape index (κ2) is 9.21. The molecule has 0 aliphatic rings. The van der Waals surface area contributed by atoms with Gasteiger partial charge in [0.05, 0.1) is 10.6 Å². The van der Waals surface area contributed by atoms with Crippen molar-refractivity contribution in [3.8, 4) is 10.4 Å². The van der Waals surface area contributed by atoms with Crippen LogP contribution in [0, 0.1) is 6.92 Å². The van der Waals surface area contributed by atoms with Crippen molar-refractivity contribution in [1.82, 2.24) is 9.55 Å². The van der Waals surface area contributed by atoms with E-state index >= 15 is 0 Å². The standard InChI is InChI=1S/C24H25N3O2S3/c1-13(2)16-9-6-8-14(3)20(16)25-21(28)15(4)32-24-26-22-19(23(29)27(24)5)17(12-31-22)18-10-7-11-30-18/h6-13,15H,1-5H3,(H,25,28). The molecule has 1 atom stereocenters. The summed E-state index contributed by atoms with van der Waals surface area (Å²) in [4.78, 5) is 32.7. The highest BCUT2D eigenvalue weighted by Crippen LogP contribution is 2.35. The molecule has 0 aliphatic carbocycles. The lowest BCUT2D eigenvalue weighted by Crippen LogP contribution is -2.26. The summed E-state index contributed by atoms with van der Waals surface area (Å²) in [6.07, 6.45) is 0. The highest BCUT2D eigenvalue weighted by molar-refractivity contribution is 8.00. The van der Waals surface area contributed by atoms with Crippen LogP contribution < -0.4 is 10.9 Å². The Bertz CT molecular complexity index is 1340. The van der Waals surface area contributed by atoms with Crippen molar-refractivity contribution in [3.05, 3.63) is 62.6 Å². The number of thioether (sulfide) groups is 1. The molecule has 4 aromatic rings. The average molecular weight is 484 g/mol. The van der Waals surface area contributed by atoms with Gasteiger partial charge < -0.3 is 5.32 Å². The number of para-hydroxylation sites is 1. The first kappa shape index (κ1) is 22.8. The summed E-state index contributed by atoms with van der Waals surface area (Å²) in [5, 5.41) is 7.86. The van der Waals surface area contributed by atoms with Crippen LogP contribution in [0.2, 0.25) is 0 Å². The molecule has 1 aromatic carbocycles. The first-order chi connectivity index (χ1) is 15.3. The molecule has 0 spiro atoms. The molecule has 3 heterocycles. The molecule has 1 amide bonds. The molecule has 0 fully saturated rings. The van der Waals surface area contributed by atoms with E-state index in [-0.39, 0.29) is 11.5 Å². The summed E-state index contributed by atoms with van der Waals surface area (Å²) < 4.78 is 1.55. The summed E-state index contributed by atoms with van der Waals surface area (Å²) in [6, 6.07) is 10.0. The van der Waals surface area contributed by atoms with Gasteiger partial charge in [-0.25, -0.2) is 4.98 Å². The Morgan fingerprint density at radius 3 is 2.62 bits per heavy atom. The van der Waals surface area contributed by atoms with E-state index < -0.39 is 5.25 Å². The second-order valence-corrected chi connectivity index (χ2v) is 11.1. The molecule has 3 aromatic heterocycles. The Morgan fingerprint density at radius 1 is 1.16 bits per heavy atom. The Hall–Kier alpha value is -2.42. The third kappa shape index (κ3) is 4.27. The van der Waals surface area contributed by atoms with Gasteiger partial charge in [-0.2, -0.15) is 0 Å². The number of carbonyl (C=O) groups excluding carboxylic acids is 1. The summed E-state index contributed by atoms with van der Waals surface area (Å²) in [6.45, 7) is 8.07. The fourth-order valence-electron chi connectivity index (χ4n) is 3.55. The number of aromatic nitrogens is 2. The number of rotatable bonds is 6. The van der Waals surface area contributed by atoms with Crippen molar-refractivity contribution in [1.29, 1.82) is 0 Å². The Morgan fingerprint density at radius 2 is 1.94 bits per heavy atom. The average Bonchev–Trinajstić information content (AvgIpc) is 3.42. The van der Waals surface area contributed by atoms with Gasteiger partial charge in [0.25, 0.3) is 5.56 Å². The van der Waals surface area contributed by atoms with Gasteiger partial charge in [0.2, 0.25) is 5.91 Å². The van der Waals surface area contributed by atoms with Crippen LogP contribution >= 0.6 is 34.4 Å². The van der Waals surface area contributed by atoms with Crippen molar-refractivity contribution < 1.29 is 4.79 Å². The van der Waals surface area contributed by atoms with Crippen LogP contribution in [0.25, 0.3) is 20.7 Å². The van der Waals surface area contributed by atoms with Crippen LogP contribution in [-0.4, -0.2) is 20.7 Å². The van der Waals surface area contributed by atoms with Crippen molar-refractivity contribution in [2.45, 2.75) is 44.0 Å². The number of aryl methyl sites for hydroxylation is 1. The third-order valence-electron chi connectivity index (χ3n) is 5.39. The van der Waals surface area contributed by atoms with Gasteiger partial charge in [-0.05, 0) is 42.3 Å². The smallest absolute Gasteiger partial charge is 0.263 e. The van der Waals surface area contributed by atoms with Gasteiger partial charge in [0, 0.05) is 28.6 Å². The zero-order valence-corrected chi connectivity index (χ0v) is 21.1. The Kier molecular flexibility index (Phi) is 6.55. The minimum absolute atomic E-state index is 0.0873. The highest BCUT2D eigenvalue weighted by atomic mass is 32.2. The van der Waals surface area contributed by atoms with Crippen molar-refractivity contribution >= 4 is 56.2 Å². The normalized spacial score (nSPS) is 12.4. The topological polar surface area (TPSA) is 64.0 Å². The number of fused-ring (bicyclic) bond motifs is 1. The van der Waals surface area contributed by atoms with E-state index in [9.17, 15) is 9.59 Å². The van der Waals surface area contributed by atoms with Crippen LogP contribution in [0.15, 0.2) is 51.0 Å². The predicted molar refractivity (Wildman–Crippen MR) is 137 cm³/mol. The van der Waals surface area contributed by atoms with Gasteiger partial charge in [0.1, 0.15) is 4.83 Å². The molecule has 4 rings (SSSR count). The maximum absolute atomic E-state index is 13.2. The van der Waals surface area contributed by atoms with E-state index in [1.54, 1.807) is 23.0 Å². The number of nitrogens with zero attached hydrogens (tertiary/aromatic N) is 2. The Labute approximate surface area is 199 Å². The van der Waals surface area contributed by atoms with Gasteiger partial charge in [-0.3, -0.25) is 14.2 Å². The molecule has 0 saturated heterocycles. The molecule has 32 heavy (non-hydrogen) atoms. The third-order valence-corrected chi connectivity index (χ3v) is 8.31. The monoisotopic (exact) mass is 483 g/mol. The maximum Gasteiger partial charge on any atom is 0.263 e. The number of hydrogen-bond donors (Lipinski definition) is 1. The van der Waals surface area contributed by atoms with Gasteiger partial charge in [0.15, 0.2) is 5.16 Å². The highest BCUT2D eigenvalue weighted by Gasteiger charge is 2.22. The van der Waals surface area contributed by atoms with Gasteiger partial charge in [-0.15, -0.1) is 22.7 Å². The number of thiophene rings is 2. The van der Waals surface area contributed by atoms with Crippen LogP contribution in [0.1, 0.15) is 37.8 Å². The minimum Gasteiger partial charge on any atom is -0.325 e. The number of nitrogens with one attached hydrogen (secondary N) is 1. The summed E-state index contributed by atoms with van der Waals surface area (Å²) >= 11 is 4.37. The molecular weight excluding hydrogens is 458 g/mol. The SMILES string of the molecule is Cc1cccc(C(C)C)c1NC(=O)C(C)Sc1nc2scc(-c3cccs3)c2c(=O)n1C. The molecule has 5 nitrogen and oxygen atoms in total. The number of anilines is 1. The van der Waals surface area contributed by atoms with E-state index in [0.29, 0.717) is 21.3 Å². The quantitative estimate of drug-likeness (QED) is 0.259. The van der Waals surface area contributed by atoms with Gasteiger partial charge in [-0.1, -0.05) is 49.9 Å². The number of carbonyl (C=O) groups is 1. The van der Waals surface area contributed by atoms with Crippen LogP contribution in [0.3, 0.4) is 0 Å². The fraction of sp³-hybridized carbons (Fsp3) is 0.292. The van der Waals surface area contributed by atoms with E-state index in [1.807, 2.05) is 54.9 Å². The molecule has 1 N–H and O–H groups in total. The lowest BCUT2D eigenvalue weighted by Gasteiger charge is -2.19. The molecule has 166 valence electrons. The lowest BCUT2D eigenvalue weighted by molar-refractivity contribution is -0.115. The molecule has 0 radical (unpaired) electrons. The fourth-order valence-corrected chi connectivity index (χ4v) is 6.23. The predicted octanol–water partition coefficient (Wildman–Crippen LogP) is 6.27. The number of amides is 1. The van der Waals surface area contributed by atoms with Crippen molar-refractivity contribution in [2.75, 3.05) is 5.32 Å². The molecular formula is C24H25N3O2S3. The largest absolute Gasteiger partial charge is 0.325 e. The van der Waals surface area contributed by atoms with E-state index in [4.69, 9.17) is 4.98 Å². The molecule has 8 heteroatoms. The summed E-state index contributed by atoms with van der Waals surface area (Å²) in [5.41, 5.74) is 3.86. The Balaban J connectivity index is 1.61. The molecule has 0 bridgehead atoms. The second-order valence-electron chi connectivity index (χ2n) is 8.01. The van der Waals surface area contributed by atoms with Crippen molar-refractivity contribution in [2.24, 2.45) is 7.05 Å². The van der Waals surface area contributed by atoms with E-state index in [0.717, 1.165) is 27.3 Å².